The second kappa shape index (κ2) is 50.8. The van der Waals surface area contributed by atoms with Crippen LogP contribution in [0.5, 0.6) is 0 Å². The minimum Gasteiger partial charge on any atom is -0.393 e. The lowest BCUT2D eigenvalue weighted by molar-refractivity contribution is -0.132. The number of rotatable bonds is 53. The van der Waals surface area contributed by atoms with Gasteiger partial charge in [0.05, 0.1) is 6.10 Å². The summed E-state index contributed by atoms with van der Waals surface area (Å²) >= 11 is 0. The van der Waals surface area contributed by atoms with Gasteiger partial charge < -0.3 is 19.8 Å². The molecule has 1 saturated carbocycles. The first-order chi connectivity index (χ1) is 33.5. The van der Waals surface area contributed by atoms with Crippen LogP contribution >= 0.6 is 0 Å². The van der Waals surface area contributed by atoms with Gasteiger partial charge in [0.25, 0.3) is 0 Å². The smallest absolute Gasteiger partial charge is 0.222 e. The molecule has 68 heavy (non-hydrogen) atoms. The molecule has 0 aliphatic heterocycles. The van der Waals surface area contributed by atoms with E-state index >= 15 is 0 Å². The molecular weight excluding hydrogens is 835 g/mol. The lowest BCUT2D eigenvalue weighted by Crippen LogP contribution is -2.40. The molecule has 1 aliphatic rings. The van der Waals surface area contributed by atoms with Crippen LogP contribution in [0.1, 0.15) is 336 Å². The van der Waals surface area contributed by atoms with Crippen LogP contribution in [-0.4, -0.2) is 83.0 Å². The van der Waals surface area contributed by atoms with Crippen molar-refractivity contribution in [2.24, 2.45) is 0 Å². The maximum absolute atomic E-state index is 13.5. The maximum Gasteiger partial charge on any atom is 0.222 e. The first-order valence-electron chi connectivity index (χ1n) is 31.4. The highest BCUT2D eigenvalue weighted by Gasteiger charge is 2.24. The van der Waals surface area contributed by atoms with E-state index in [4.69, 9.17) is 0 Å². The van der Waals surface area contributed by atoms with Gasteiger partial charge in [-0.25, -0.2) is 0 Å². The number of hydrogen-bond acceptors (Lipinski definition) is 4. The highest BCUT2D eigenvalue weighted by atomic mass is 16.3. The van der Waals surface area contributed by atoms with Gasteiger partial charge in [0.2, 0.25) is 11.8 Å². The minimum absolute atomic E-state index is 0.105. The Labute approximate surface area is 426 Å². The van der Waals surface area contributed by atoms with Crippen LogP contribution in [0.3, 0.4) is 0 Å². The topological polar surface area (TPSA) is 64.1 Å². The molecule has 1 rings (SSSR count). The van der Waals surface area contributed by atoms with Gasteiger partial charge in [0.15, 0.2) is 0 Å². The van der Waals surface area contributed by atoms with E-state index in [0.29, 0.717) is 17.9 Å². The van der Waals surface area contributed by atoms with Crippen molar-refractivity contribution in [3.8, 4) is 0 Å². The third-order valence-corrected chi connectivity index (χ3v) is 15.7. The fourth-order valence-corrected chi connectivity index (χ4v) is 10.9. The van der Waals surface area contributed by atoms with Crippen LogP contribution in [-0.2, 0) is 9.59 Å². The van der Waals surface area contributed by atoms with Crippen molar-refractivity contribution in [3.05, 3.63) is 0 Å². The van der Waals surface area contributed by atoms with Gasteiger partial charge >= 0.3 is 0 Å². The standard InChI is InChI=1S/C62H123N3O3/c1-5-9-13-17-21-23-25-27-35-45-57-64(55-43-33-19-15-11-7-3)61(67)47-39-31-29-37-41-53-63(59-49-51-60(66)52-50-59)54-42-38-30-32-40-48-62(68)65(56-44-34-20-16-12-8-4)58-46-36-28-26-24-22-18-14-10-6-2/h59-60,66H,5-58H2,1-4H3. The number of carbonyl (C=O) groups is 2. The zero-order valence-electron chi connectivity index (χ0n) is 46.9. The summed E-state index contributed by atoms with van der Waals surface area (Å²) in [6, 6.07) is 0.620. The van der Waals surface area contributed by atoms with Crippen LogP contribution in [0.15, 0.2) is 0 Å². The number of carbonyl (C=O) groups excluding carboxylic acids is 2. The molecule has 6 nitrogen and oxygen atoms in total. The molecule has 0 bridgehead atoms. The van der Waals surface area contributed by atoms with Crippen molar-refractivity contribution >= 4 is 11.8 Å². The molecule has 1 aliphatic carbocycles. The summed E-state index contributed by atoms with van der Waals surface area (Å²) in [5.41, 5.74) is 0. The Bertz CT molecular complexity index is 976. The van der Waals surface area contributed by atoms with Crippen LogP contribution in [0, 0.1) is 0 Å². The highest BCUT2D eigenvalue weighted by molar-refractivity contribution is 5.76. The molecule has 1 N–H and O–H groups in total. The lowest BCUT2D eigenvalue weighted by Gasteiger charge is -2.36. The maximum atomic E-state index is 13.5. The largest absolute Gasteiger partial charge is 0.393 e. The summed E-state index contributed by atoms with van der Waals surface area (Å²) in [5, 5.41) is 10.3. The Hall–Kier alpha value is -1.14. The summed E-state index contributed by atoms with van der Waals surface area (Å²) in [6.45, 7) is 15.4. The molecule has 0 aromatic heterocycles. The predicted octanol–water partition coefficient (Wildman–Crippen LogP) is 18.5. The number of unbranched alkanes of at least 4 members (excludes halogenated alkanes) is 36. The van der Waals surface area contributed by atoms with E-state index in [9.17, 15) is 14.7 Å². The molecule has 0 aromatic carbocycles. The van der Waals surface area contributed by atoms with Crippen molar-refractivity contribution in [1.82, 2.24) is 14.7 Å². The third-order valence-electron chi connectivity index (χ3n) is 15.7. The second-order valence-corrected chi connectivity index (χ2v) is 22.2. The quantitative estimate of drug-likeness (QED) is 0.0617. The predicted molar refractivity (Wildman–Crippen MR) is 299 cm³/mol. The van der Waals surface area contributed by atoms with E-state index in [1.54, 1.807) is 0 Å². The van der Waals surface area contributed by atoms with Crippen molar-refractivity contribution in [2.45, 2.75) is 348 Å². The Morgan fingerprint density at radius 3 is 0.794 bits per heavy atom. The molecule has 6 heteroatoms. The van der Waals surface area contributed by atoms with E-state index in [1.165, 1.54) is 270 Å². The minimum atomic E-state index is -0.105. The zero-order chi connectivity index (χ0) is 49.2. The normalized spacial score (nSPS) is 15.1. The van der Waals surface area contributed by atoms with E-state index in [2.05, 4.69) is 42.4 Å². The van der Waals surface area contributed by atoms with Gasteiger partial charge in [0, 0.05) is 45.1 Å². The second-order valence-electron chi connectivity index (χ2n) is 22.2. The first kappa shape index (κ1) is 64.9. The SMILES string of the molecule is CCCCCCCCCCCCN(CCCCCCCC)C(=O)CCCCCCCN(CCCCCCCC(=O)N(CCCCCCCC)CCCCCCCCCCCC)C1CCC(O)CC1. The molecule has 0 atom stereocenters. The van der Waals surface area contributed by atoms with Crippen molar-refractivity contribution in [1.29, 1.82) is 0 Å². The highest BCUT2D eigenvalue weighted by Crippen LogP contribution is 2.25. The first-order valence-corrected chi connectivity index (χ1v) is 31.4. The fraction of sp³-hybridized carbons (Fsp3) is 0.968. The Balaban J connectivity index is 2.42. The number of hydrogen-bond donors (Lipinski definition) is 1. The summed E-state index contributed by atoms with van der Waals surface area (Å²) in [5.74, 6) is 0.827. The third kappa shape index (κ3) is 40.5. The summed E-state index contributed by atoms with van der Waals surface area (Å²) in [6.07, 6.45) is 59.7. The van der Waals surface area contributed by atoms with E-state index in [-0.39, 0.29) is 6.10 Å². The molecule has 0 saturated heterocycles. The number of aliphatic hydroxyl groups is 1. The Kier molecular flexibility index (Phi) is 48.5. The van der Waals surface area contributed by atoms with Crippen molar-refractivity contribution in [3.63, 3.8) is 0 Å². The summed E-state index contributed by atoms with van der Waals surface area (Å²) in [7, 11) is 0. The van der Waals surface area contributed by atoms with E-state index in [0.717, 1.165) is 77.5 Å². The van der Waals surface area contributed by atoms with Gasteiger partial charge in [-0.1, -0.05) is 246 Å². The molecule has 0 spiro atoms. The number of aliphatic hydroxyl groups excluding tert-OH is 1. The van der Waals surface area contributed by atoms with Crippen LogP contribution in [0.25, 0.3) is 0 Å². The molecule has 0 unspecified atom stereocenters. The van der Waals surface area contributed by atoms with Gasteiger partial charge in [-0.05, 0) is 90.1 Å². The van der Waals surface area contributed by atoms with E-state index < -0.39 is 0 Å². The summed E-state index contributed by atoms with van der Waals surface area (Å²) in [4.78, 5) is 34.2. The van der Waals surface area contributed by atoms with Crippen molar-refractivity contribution in [2.75, 3.05) is 39.3 Å². The van der Waals surface area contributed by atoms with Gasteiger partial charge in [-0.3, -0.25) is 9.59 Å². The molecule has 0 aromatic rings. The molecular formula is C62H123N3O3. The lowest BCUT2D eigenvalue weighted by atomic mass is 9.91. The Morgan fingerprint density at radius 1 is 0.309 bits per heavy atom. The van der Waals surface area contributed by atoms with E-state index in [1.807, 2.05) is 0 Å². The fourth-order valence-electron chi connectivity index (χ4n) is 10.9. The number of nitrogens with zero attached hydrogens (tertiary/aromatic N) is 3. The van der Waals surface area contributed by atoms with Crippen LogP contribution < -0.4 is 0 Å². The zero-order valence-corrected chi connectivity index (χ0v) is 46.9. The van der Waals surface area contributed by atoms with Crippen LogP contribution in [0.2, 0.25) is 0 Å². The molecule has 404 valence electrons. The molecule has 0 heterocycles. The van der Waals surface area contributed by atoms with Crippen LogP contribution in [0.4, 0.5) is 0 Å². The van der Waals surface area contributed by atoms with Crippen molar-refractivity contribution < 1.29 is 14.7 Å². The van der Waals surface area contributed by atoms with Gasteiger partial charge in [0.1, 0.15) is 0 Å². The average molecular weight is 959 g/mol. The number of amides is 2. The van der Waals surface area contributed by atoms with Gasteiger partial charge in [-0.15, -0.1) is 0 Å². The molecule has 1 fully saturated rings. The Morgan fingerprint density at radius 2 is 0.529 bits per heavy atom. The monoisotopic (exact) mass is 958 g/mol. The summed E-state index contributed by atoms with van der Waals surface area (Å²) < 4.78 is 0. The average Bonchev–Trinajstić information content (AvgIpc) is 3.34. The van der Waals surface area contributed by atoms with Gasteiger partial charge in [-0.2, -0.15) is 0 Å². The molecule has 2 amide bonds. The molecule has 0 radical (unpaired) electrons.